The van der Waals surface area contributed by atoms with Crippen LogP contribution in [-0.2, 0) is 0 Å². The van der Waals surface area contributed by atoms with Gasteiger partial charge in [0.1, 0.15) is 11.5 Å². The van der Waals surface area contributed by atoms with Crippen LogP contribution in [0.25, 0.3) is 11.3 Å². The minimum Gasteiger partial charge on any atom is -0.397 e. The van der Waals surface area contributed by atoms with Crippen LogP contribution in [0.5, 0.6) is 0 Å². The largest absolute Gasteiger partial charge is 0.397 e. The molecule has 0 fully saturated rings. The lowest BCUT2D eigenvalue weighted by Gasteiger charge is -2.03. The molecule has 1 heterocycles. The molecule has 0 saturated heterocycles. The maximum absolute atomic E-state index is 10.5. The molecule has 2 N–H and O–H groups in total. The molecule has 1 aromatic heterocycles. The third kappa shape index (κ3) is 1.88. The van der Waals surface area contributed by atoms with Crippen LogP contribution in [-0.4, -0.2) is 9.97 Å². The van der Waals surface area contributed by atoms with Gasteiger partial charge < -0.3 is 5.73 Å². The first kappa shape index (κ1) is 10.2. The molecule has 0 saturated carbocycles. The number of rotatable bonds is 2. The van der Waals surface area contributed by atoms with Crippen molar-refractivity contribution in [3.05, 3.63) is 41.2 Å². The molecule has 0 radical (unpaired) electrons. The van der Waals surface area contributed by atoms with Crippen LogP contribution in [0.15, 0.2) is 35.6 Å². The van der Waals surface area contributed by atoms with Crippen molar-refractivity contribution < 1.29 is 0 Å². The monoisotopic (exact) mass is 214 g/mol. The molecule has 0 amide bonds. The number of hydrogen-bond donors (Lipinski definition) is 1. The number of aryl methyl sites for hydroxylation is 1. The van der Waals surface area contributed by atoms with Crippen molar-refractivity contribution in [1.29, 1.82) is 0 Å². The smallest absolute Gasteiger partial charge is 0.131 e. The highest BCUT2D eigenvalue weighted by Crippen LogP contribution is 2.27. The van der Waals surface area contributed by atoms with Gasteiger partial charge in [-0.25, -0.2) is 9.97 Å². The van der Waals surface area contributed by atoms with E-state index < -0.39 is 0 Å². The Hall–Kier alpha value is -2.30. The van der Waals surface area contributed by atoms with Crippen LogP contribution in [0.2, 0.25) is 0 Å². The van der Waals surface area contributed by atoms with E-state index in [1.165, 1.54) is 0 Å². The van der Waals surface area contributed by atoms with Crippen LogP contribution in [0.4, 0.5) is 11.4 Å². The van der Waals surface area contributed by atoms with Gasteiger partial charge in [0.2, 0.25) is 0 Å². The topological polar surface area (TPSA) is 81.2 Å². The molecule has 0 bridgehead atoms. The minimum atomic E-state index is 0.230. The summed E-state index contributed by atoms with van der Waals surface area (Å²) in [6, 6.07) is 6.83. The molecule has 1 aromatic carbocycles. The first-order valence-electron chi connectivity index (χ1n) is 4.73. The molecule has 16 heavy (non-hydrogen) atoms. The van der Waals surface area contributed by atoms with Gasteiger partial charge in [-0.05, 0) is 30.3 Å². The third-order valence-corrected chi connectivity index (χ3v) is 2.20. The van der Waals surface area contributed by atoms with Gasteiger partial charge in [-0.2, -0.15) is 0 Å². The van der Waals surface area contributed by atoms with E-state index >= 15 is 0 Å². The Kier molecular flexibility index (Phi) is 2.59. The number of benzene rings is 1. The lowest BCUT2D eigenvalue weighted by molar-refractivity contribution is 1.06. The highest BCUT2D eigenvalue weighted by molar-refractivity contribution is 5.72. The first-order chi connectivity index (χ1) is 7.70. The molecular formula is C11H10N4O. The van der Waals surface area contributed by atoms with E-state index in [0.29, 0.717) is 11.5 Å². The fourth-order valence-electron chi connectivity index (χ4n) is 1.40. The number of nitrogen functional groups attached to an aromatic ring is 1. The molecule has 2 rings (SSSR count). The van der Waals surface area contributed by atoms with Crippen molar-refractivity contribution in [2.75, 3.05) is 5.73 Å². The van der Waals surface area contributed by atoms with Gasteiger partial charge >= 0.3 is 0 Å². The predicted octanol–water partition coefficient (Wildman–Crippen LogP) is 2.43. The summed E-state index contributed by atoms with van der Waals surface area (Å²) >= 11 is 0. The molecule has 0 spiro atoms. The van der Waals surface area contributed by atoms with Gasteiger partial charge in [0.25, 0.3) is 0 Å². The molecule has 0 unspecified atom stereocenters. The average Bonchev–Trinajstić information content (AvgIpc) is 2.29. The van der Waals surface area contributed by atoms with Gasteiger partial charge in [-0.1, -0.05) is 6.07 Å². The molecule has 0 aliphatic rings. The third-order valence-electron chi connectivity index (χ3n) is 2.20. The summed E-state index contributed by atoms with van der Waals surface area (Å²) in [6.07, 6.45) is 1.67. The molecule has 5 heteroatoms. The summed E-state index contributed by atoms with van der Waals surface area (Å²) in [4.78, 5) is 18.8. The SMILES string of the molecule is Cc1nccc(-c2ccc(N)c(N=O)c2)n1. The molecular weight excluding hydrogens is 204 g/mol. The van der Waals surface area contributed by atoms with Gasteiger partial charge in [0.05, 0.1) is 11.4 Å². The zero-order valence-electron chi connectivity index (χ0n) is 8.71. The second-order valence-electron chi connectivity index (χ2n) is 3.35. The van der Waals surface area contributed by atoms with Crippen molar-refractivity contribution >= 4 is 11.4 Å². The lowest BCUT2D eigenvalue weighted by atomic mass is 10.1. The Morgan fingerprint density at radius 2 is 2.12 bits per heavy atom. The zero-order valence-corrected chi connectivity index (χ0v) is 8.71. The highest BCUT2D eigenvalue weighted by Gasteiger charge is 2.04. The first-order valence-corrected chi connectivity index (χ1v) is 4.73. The zero-order chi connectivity index (χ0) is 11.5. The minimum absolute atomic E-state index is 0.230. The van der Waals surface area contributed by atoms with E-state index in [4.69, 9.17) is 5.73 Å². The van der Waals surface area contributed by atoms with Crippen LogP contribution >= 0.6 is 0 Å². The summed E-state index contributed by atoms with van der Waals surface area (Å²) < 4.78 is 0. The lowest BCUT2D eigenvalue weighted by Crippen LogP contribution is -1.91. The standard InChI is InChI=1S/C11H10N4O/c1-7-13-5-4-10(14-7)8-2-3-9(12)11(6-8)15-16/h2-6H,12H2,1H3. The van der Waals surface area contributed by atoms with Gasteiger partial charge in [0.15, 0.2) is 0 Å². The van der Waals surface area contributed by atoms with Crippen molar-refractivity contribution in [2.24, 2.45) is 5.18 Å². The Labute approximate surface area is 92.3 Å². The van der Waals surface area contributed by atoms with Crippen molar-refractivity contribution in [3.63, 3.8) is 0 Å². The number of anilines is 1. The normalized spacial score (nSPS) is 10.1. The van der Waals surface area contributed by atoms with E-state index in [-0.39, 0.29) is 5.69 Å². The van der Waals surface area contributed by atoms with Crippen molar-refractivity contribution in [3.8, 4) is 11.3 Å². The summed E-state index contributed by atoms with van der Waals surface area (Å²) in [5, 5.41) is 2.86. The maximum Gasteiger partial charge on any atom is 0.131 e. The fourth-order valence-corrected chi connectivity index (χ4v) is 1.40. The Bertz CT molecular complexity index is 539. The fraction of sp³-hybridized carbons (Fsp3) is 0.0909. The second kappa shape index (κ2) is 4.06. The van der Waals surface area contributed by atoms with Crippen molar-refractivity contribution in [1.82, 2.24) is 9.97 Å². The second-order valence-corrected chi connectivity index (χ2v) is 3.35. The Balaban J connectivity index is 2.52. The van der Waals surface area contributed by atoms with Gasteiger partial charge in [0, 0.05) is 11.8 Å². The van der Waals surface area contributed by atoms with E-state index in [9.17, 15) is 4.91 Å². The van der Waals surface area contributed by atoms with Crippen molar-refractivity contribution in [2.45, 2.75) is 6.92 Å². The quantitative estimate of drug-likeness (QED) is 0.614. The van der Waals surface area contributed by atoms with E-state index in [1.807, 2.05) is 0 Å². The highest BCUT2D eigenvalue weighted by atomic mass is 16.3. The van der Waals surface area contributed by atoms with Crippen LogP contribution in [0.1, 0.15) is 5.82 Å². The van der Waals surface area contributed by atoms with Gasteiger partial charge in [-0.3, -0.25) is 0 Å². The van der Waals surface area contributed by atoms with E-state index in [0.717, 1.165) is 11.3 Å². The number of nitrogens with two attached hydrogens (primary N) is 1. The summed E-state index contributed by atoms with van der Waals surface area (Å²) in [6.45, 7) is 1.81. The van der Waals surface area contributed by atoms with Crippen LogP contribution < -0.4 is 5.73 Å². The molecule has 0 aliphatic heterocycles. The maximum atomic E-state index is 10.5. The number of hydrogen-bond acceptors (Lipinski definition) is 5. The van der Waals surface area contributed by atoms with Crippen LogP contribution in [0, 0.1) is 11.8 Å². The average molecular weight is 214 g/mol. The summed E-state index contributed by atoms with van der Waals surface area (Å²) in [7, 11) is 0. The molecule has 2 aromatic rings. The summed E-state index contributed by atoms with van der Waals surface area (Å²) in [5.74, 6) is 0.676. The number of nitrogens with zero attached hydrogens (tertiary/aromatic N) is 3. The number of nitroso groups, excluding NO2 is 1. The molecule has 0 aliphatic carbocycles. The van der Waals surface area contributed by atoms with Gasteiger partial charge in [-0.15, -0.1) is 4.91 Å². The number of aromatic nitrogens is 2. The van der Waals surface area contributed by atoms with E-state index in [2.05, 4.69) is 15.1 Å². The Morgan fingerprint density at radius 1 is 1.31 bits per heavy atom. The molecule has 80 valence electrons. The Morgan fingerprint density at radius 3 is 2.81 bits per heavy atom. The molecule has 0 atom stereocenters. The predicted molar refractivity (Wildman–Crippen MR) is 62.1 cm³/mol. The molecule has 5 nitrogen and oxygen atoms in total. The van der Waals surface area contributed by atoms with Crippen LogP contribution in [0.3, 0.4) is 0 Å². The summed E-state index contributed by atoms with van der Waals surface area (Å²) in [5.41, 5.74) is 7.72. The van der Waals surface area contributed by atoms with E-state index in [1.54, 1.807) is 37.4 Å².